The standard InChI is InChI=1S/C11H20N2O4/c1-3-6(2)10-11(17)12-7(5-14)8(15)4-9(16)13-10/h6-8,10,14-15H,3-5H2,1-2H3,(H,12,17)(H,13,16). The molecule has 4 unspecified atom stereocenters. The van der Waals surface area contributed by atoms with E-state index in [0.717, 1.165) is 6.42 Å². The highest BCUT2D eigenvalue weighted by Gasteiger charge is 2.33. The molecule has 1 heterocycles. The summed E-state index contributed by atoms with van der Waals surface area (Å²) in [4.78, 5) is 23.4. The predicted molar refractivity (Wildman–Crippen MR) is 61.0 cm³/mol. The summed E-state index contributed by atoms with van der Waals surface area (Å²) in [5.74, 6) is -0.713. The monoisotopic (exact) mass is 244 g/mol. The fraction of sp³-hybridized carbons (Fsp3) is 0.818. The summed E-state index contributed by atoms with van der Waals surface area (Å²) in [7, 11) is 0. The molecule has 0 aromatic rings. The smallest absolute Gasteiger partial charge is 0.243 e. The Morgan fingerprint density at radius 2 is 2.06 bits per heavy atom. The van der Waals surface area contributed by atoms with Crippen LogP contribution in [0.3, 0.4) is 0 Å². The number of carbonyl (C=O) groups excluding carboxylic acids is 2. The lowest BCUT2D eigenvalue weighted by molar-refractivity contribution is -0.135. The quantitative estimate of drug-likeness (QED) is 0.499. The molecule has 6 nitrogen and oxygen atoms in total. The molecule has 1 saturated heterocycles. The number of amides is 2. The van der Waals surface area contributed by atoms with E-state index in [4.69, 9.17) is 5.11 Å². The summed E-state index contributed by atoms with van der Waals surface area (Å²) in [5, 5.41) is 23.8. The van der Waals surface area contributed by atoms with Crippen LogP contribution in [0.15, 0.2) is 0 Å². The molecule has 1 aliphatic rings. The number of aliphatic hydroxyl groups is 2. The molecule has 1 aliphatic heterocycles. The molecule has 0 spiro atoms. The van der Waals surface area contributed by atoms with Crippen molar-refractivity contribution >= 4 is 11.8 Å². The van der Waals surface area contributed by atoms with Gasteiger partial charge < -0.3 is 20.8 Å². The molecule has 0 aromatic carbocycles. The van der Waals surface area contributed by atoms with Crippen LogP contribution in [0, 0.1) is 5.92 Å². The van der Waals surface area contributed by atoms with Crippen molar-refractivity contribution in [1.29, 1.82) is 0 Å². The Morgan fingerprint density at radius 1 is 1.41 bits per heavy atom. The summed E-state index contributed by atoms with van der Waals surface area (Å²) in [6.07, 6.45) is -0.412. The van der Waals surface area contributed by atoms with Gasteiger partial charge in [0.05, 0.1) is 25.2 Å². The van der Waals surface area contributed by atoms with E-state index in [0.29, 0.717) is 0 Å². The summed E-state index contributed by atoms with van der Waals surface area (Å²) in [6, 6.07) is -1.38. The molecule has 0 bridgehead atoms. The van der Waals surface area contributed by atoms with Gasteiger partial charge in [0.1, 0.15) is 6.04 Å². The summed E-state index contributed by atoms with van der Waals surface area (Å²) < 4.78 is 0. The minimum Gasteiger partial charge on any atom is -0.394 e. The van der Waals surface area contributed by atoms with Gasteiger partial charge in [-0.15, -0.1) is 0 Å². The Morgan fingerprint density at radius 3 is 2.59 bits per heavy atom. The average Bonchev–Trinajstić information content (AvgIpc) is 2.30. The number of hydrogen-bond acceptors (Lipinski definition) is 4. The molecule has 0 saturated carbocycles. The number of aliphatic hydroxyl groups excluding tert-OH is 2. The molecule has 1 fully saturated rings. The minimum atomic E-state index is -1.05. The van der Waals surface area contributed by atoms with Crippen LogP contribution in [0.4, 0.5) is 0 Å². The first-order valence-corrected chi connectivity index (χ1v) is 5.88. The maximum absolute atomic E-state index is 11.9. The highest BCUT2D eigenvalue weighted by molar-refractivity contribution is 5.89. The predicted octanol–water partition coefficient (Wildman–Crippen LogP) is -1.24. The fourth-order valence-electron chi connectivity index (χ4n) is 1.80. The van der Waals surface area contributed by atoms with E-state index in [1.165, 1.54) is 0 Å². The van der Waals surface area contributed by atoms with Gasteiger partial charge in [-0.05, 0) is 5.92 Å². The third kappa shape index (κ3) is 3.41. The molecule has 2 amide bonds. The van der Waals surface area contributed by atoms with Crippen LogP contribution in [-0.2, 0) is 9.59 Å². The van der Waals surface area contributed by atoms with Crippen LogP contribution >= 0.6 is 0 Å². The molecule has 6 heteroatoms. The van der Waals surface area contributed by atoms with Gasteiger partial charge in [-0.25, -0.2) is 0 Å². The zero-order valence-electron chi connectivity index (χ0n) is 10.1. The molecule has 0 aromatic heterocycles. The number of carbonyl (C=O) groups is 2. The molecule has 0 radical (unpaired) electrons. The van der Waals surface area contributed by atoms with Gasteiger partial charge in [0, 0.05) is 0 Å². The Labute approximate surface area is 100 Å². The summed E-state index contributed by atoms with van der Waals surface area (Å²) in [5.41, 5.74) is 0. The van der Waals surface area contributed by atoms with Crippen molar-refractivity contribution < 1.29 is 19.8 Å². The van der Waals surface area contributed by atoms with Crippen molar-refractivity contribution in [2.75, 3.05) is 6.61 Å². The molecular weight excluding hydrogens is 224 g/mol. The number of hydrogen-bond donors (Lipinski definition) is 4. The molecule has 4 atom stereocenters. The van der Waals surface area contributed by atoms with E-state index < -0.39 is 18.2 Å². The Balaban J connectivity index is 2.83. The third-order valence-corrected chi connectivity index (χ3v) is 3.20. The first-order valence-electron chi connectivity index (χ1n) is 5.88. The second kappa shape index (κ2) is 5.97. The summed E-state index contributed by atoms with van der Waals surface area (Å²) >= 11 is 0. The second-order valence-corrected chi connectivity index (χ2v) is 4.50. The lowest BCUT2D eigenvalue weighted by Crippen LogP contribution is -2.59. The van der Waals surface area contributed by atoms with Gasteiger partial charge in [0.25, 0.3) is 0 Å². The van der Waals surface area contributed by atoms with Crippen molar-refractivity contribution in [2.24, 2.45) is 5.92 Å². The van der Waals surface area contributed by atoms with E-state index in [9.17, 15) is 14.7 Å². The van der Waals surface area contributed by atoms with E-state index >= 15 is 0 Å². The lowest BCUT2D eigenvalue weighted by Gasteiger charge is -2.31. The van der Waals surface area contributed by atoms with Gasteiger partial charge in [-0.3, -0.25) is 9.59 Å². The van der Waals surface area contributed by atoms with Crippen molar-refractivity contribution in [2.45, 2.75) is 44.9 Å². The molecule has 1 rings (SSSR count). The van der Waals surface area contributed by atoms with Gasteiger partial charge in [-0.1, -0.05) is 20.3 Å². The Hall–Kier alpha value is -1.14. The van der Waals surface area contributed by atoms with Crippen LogP contribution in [0.25, 0.3) is 0 Å². The van der Waals surface area contributed by atoms with Crippen molar-refractivity contribution in [3.05, 3.63) is 0 Å². The maximum Gasteiger partial charge on any atom is 0.243 e. The average molecular weight is 244 g/mol. The van der Waals surface area contributed by atoms with Crippen LogP contribution in [0.1, 0.15) is 26.7 Å². The van der Waals surface area contributed by atoms with Crippen LogP contribution < -0.4 is 10.6 Å². The van der Waals surface area contributed by atoms with Crippen molar-refractivity contribution in [3.63, 3.8) is 0 Å². The first-order chi connectivity index (χ1) is 7.99. The van der Waals surface area contributed by atoms with Crippen LogP contribution in [0.5, 0.6) is 0 Å². The zero-order valence-corrected chi connectivity index (χ0v) is 10.1. The van der Waals surface area contributed by atoms with Gasteiger partial charge in [0.2, 0.25) is 11.8 Å². The second-order valence-electron chi connectivity index (χ2n) is 4.50. The molecule has 0 aliphatic carbocycles. The van der Waals surface area contributed by atoms with Crippen LogP contribution in [-0.4, -0.2) is 46.8 Å². The number of nitrogens with one attached hydrogen (secondary N) is 2. The molecule has 98 valence electrons. The van der Waals surface area contributed by atoms with E-state index in [-0.39, 0.29) is 30.8 Å². The minimum absolute atomic E-state index is 0.00790. The molecule has 17 heavy (non-hydrogen) atoms. The lowest BCUT2D eigenvalue weighted by atomic mass is 9.95. The van der Waals surface area contributed by atoms with E-state index in [2.05, 4.69) is 10.6 Å². The first kappa shape index (κ1) is 13.9. The maximum atomic E-state index is 11.9. The van der Waals surface area contributed by atoms with E-state index in [1.807, 2.05) is 13.8 Å². The molecular formula is C11H20N2O4. The Bertz CT molecular complexity index is 295. The van der Waals surface area contributed by atoms with Gasteiger partial charge in [-0.2, -0.15) is 0 Å². The van der Waals surface area contributed by atoms with E-state index in [1.54, 1.807) is 0 Å². The molecule has 4 N–H and O–H groups in total. The zero-order chi connectivity index (χ0) is 13.0. The summed E-state index contributed by atoms with van der Waals surface area (Å²) in [6.45, 7) is 3.42. The Kier molecular flexibility index (Phi) is 4.89. The third-order valence-electron chi connectivity index (χ3n) is 3.20. The van der Waals surface area contributed by atoms with Gasteiger partial charge >= 0.3 is 0 Å². The van der Waals surface area contributed by atoms with Gasteiger partial charge in [0.15, 0.2) is 0 Å². The SMILES string of the molecule is CCC(C)C1NC(=O)CC(O)C(CO)NC1=O. The normalized spacial score (nSPS) is 32.1. The van der Waals surface area contributed by atoms with Crippen molar-refractivity contribution in [1.82, 2.24) is 10.6 Å². The fourth-order valence-corrected chi connectivity index (χ4v) is 1.80. The largest absolute Gasteiger partial charge is 0.394 e. The topological polar surface area (TPSA) is 98.7 Å². The van der Waals surface area contributed by atoms with Crippen LogP contribution in [0.2, 0.25) is 0 Å². The highest BCUT2D eigenvalue weighted by atomic mass is 16.3. The number of rotatable bonds is 3. The van der Waals surface area contributed by atoms with Crippen molar-refractivity contribution in [3.8, 4) is 0 Å². The highest BCUT2D eigenvalue weighted by Crippen LogP contribution is 2.12.